The van der Waals surface area contributed by atoms with E-state index >= 15 is 0 Å². The molecule has 0 bridgehead atoms. The van der Waals surface area contributed by atoms with Gasteiger partial charge in [0.15, 0.2) is 5.75 Å². The molecule has 106 valence electrons. The average Bonchev–Trinajstić information content (AvgIpc) is 2.47. The zero-order valence-corrected chi connectivity index (χ0v) is 12.0. The lowest BCUT2D eigenvalue weighted by Crippen LogP contribution is -2.08. The first-order chi connectivity index (χ1) is 9.81. The van der Waals surface area contributed by atoms with Crippen LogP contribution in [0.2, 0.25) is 0 Å². The van der Waals surface area contributed by atoms with Crippen LogP contribution in [-0.2, 0) is 4.79 Å². The SMILES string of the molecule is CCCCCCCC(=O)Oc1cccc2cccnc12. The highest BCUT2D eigenvalue weighted by Crippen LogP contribution is 2.23. The summed E-state index contributed by atoms with van der Waals surface area (Å²) >= 11 is 0. The lowest BCUT2D eigenvalue weighted by molar-refractivity contribution is -0.134. The first-order valence-corrected chi connectivity index (χ1v) is 7.35. The third-order valence-corrected chi connectivity index (χ3v) is 3.30. The van der Waals surface area contributed by atoms with E-state index in [9.17, 15) is 4.79 Å². The van der Waals surface area contributed by atoms with Crippen molar-refractivity contribution in [1.82, 2.24) is 4.98 Å². The Hall–Kier alpha value is -1.90. The van der Waals surface area contributed by atoms with Crippen LogP contribution >= 0.6 is 0 Å². The van der Waals surface area contributed by atoms with E-state index in [1.54, 1.807) is 12.3 Å². The fourth-order valence-corrected chi connectivity index (χ4v) is 2.21. The maximum absolute atomic E-state index is 11.8. The van der Waals surface area contributed by atoms with Crippen LogP contribution in [0.15, 0.2) is 36.5 Å². The highest BCUT2D eigenvalue weighted by atomic mass is 16.5. The molecule has 2 rings (SSSR count). The van der Waals surface area contributed by atoms with Gasteiger partial charge in [-0.1, -0.05) is 50.8 Å². The summed E-state index contributed by atoms with van der Waals surface area (Å²) in [5.41, 5.74) is 0.745. The van der Waals surface area contributed by atoms with Gasteiger partial charge in [-0.15, -0.1) is 0 Å². The number of carbonyl (C=O) groups excluding carboxylic acids is 1. The standard InChI is InChI=1S/C17H21NO2/c1-2-3-4-5-6-12-16(19)20-15-11-7-9-14-10-8-13-18-17(14)15/h7-11,13H,2-6,12H2,1H3. The van der Waals surface area contributed by atoms with E-state index in [1.165, 1.54) is 19.3 Å². The molecule has 3 heteroatoms. The molecule has 2 aromatic rings. The van der Waals surface area contributed by atoms with E-state index in [4.69, 9.17) is 4.74 Å². The monoisotopic (exact) mass is 271 g/mol. The molecule has 0 spiro atoms. The highest BCUT2D eigenvalue weighted by molar-refractivity contribution is 5.86. The second kappa shape index (κ2) is 7.63. The van der Waals surface area contributed by atoms with Gasteiger partial charge in [0.05, 0.1) is 0 Å². The van der Waals surface area contributed by atoms with Gasteiger partial charge < -0.3 is 4.74 Å². The summed E-state index contributed by atoms with van der Waals surface area (Å²) in [5, 5.41) is 0.987. The van der Waals surface area contributed by atoms with Crippen molar-refractivity contribution in [3.8, 4) is 5.75 Å². The fourth-order valence-electron chi connectivity index (χ4n) is 2.21. The van der Waals surface area contributed by atoms with E-state index < -0.39 is 0 Å². The molecule has 0 amide bonds. The zero-order valence-electron chi connectivity index (χ0n) is 12.0. The first kappa shape index (κ1) is 14.5. The van der Waals surface area contributed by atoms with Crippen molar-refractivity contribution in [2.45, 2.75) is 45.4 Å². The maximum atomic E-state index is 11.8. The summed E-state index contributed by atoms with van der Waals surface area (Å²) in [5.74, 6) is 0.390. The molecule has 0 aliphatic heterocycles. The van der Waals surface area contributed by atoms with Gasteiger partial charge in [-0.25, -0.2) is 0 Å². The zero-order chi connectivity index (χ0) is 14.2. The Morgan fingerprint density at radius 1 is 1.10 bits per heavy atom. The predicted octanol–water partition coefficient (Wildman–Crippen LogP) is 4.50. The number of pyridine rings is 1. The van der Waals surface area contributed by atoms with Crippen LogP contribution in [0.1, 0.15) is 45.4 Å². The highest BCUT2D eigenvalue weighted by Gasteiger charge is 2.08. The molecule has 0 aliphatic rings. The second-order valence-electron chi connectivity index (χ2n) is 4.97. The summed E-state index contributed by atoms with van der Waals surface area (Å²) in [6.07, 6.45) is 7.83. The number of nitrogens with zero attached hydrogens (tertiary/aromatic N) is 1. The van der Waals surface area contributed by atoms with Gasteiger partial charge in [0.25, 0.3) is 0 Å². The number of esters is 1. The van der Waals surface area contributed by atoms with Crippen molar-refractivity contribution in [1.29, 1.82) is 0 Å². The number of aromatic nitrogens is 1. The lowest BCUT2D eigenvalue weighted by atomic mass is 10.1. The van der Waals surface area contributed by atoms with Gasteiger partial charge in [0.1, 0.15) is 5.52 Å². The van der Waals surface area contributed by atoms with Crippen LogP contribution in [0.3, 0.4) is 0 Å². The van der Waals surface area contributed by atoms with Crippen molar-refractivity contribution in [2.24, 2.45) is 0 Å². The number of carbonyl (C=O) groups is 1. The van der Waals surface area contributed by atoms with Crippen LogP contribution in [0, 0.1) is 0 Å². The van der Waals surface area contributed by atoms with Crippen LogP contribution in [0.5, 0.6) is 5.75 Å². The largest absolute Gasteiger partial charge is 0.424 e. The summed E-state index contributed by atoms with van der Waals surface area (Å²) in [6.45, 7) is 2.18. The Balaban J connectivity index is 1.90. The molecule has 20 heavy (non-hydrogen) atoms. The van der Waals surface area contributed by atoms with Gasteiger partial charge in [0.2, 0.25) is 0 Å². The first-order valence-electron chi connectivity index (χ1n) is 7.35. The Bertz CT molecular complexity index is 560. The smallest absolute Gasteiger partial charge is 0.311 e. The third kappa shape index (κ3) is 4.05. The molecular weight excluding hydrogens is 250 g/mol. The maximum Gasteiger partial charge on any atom is 0.311 e. The fraction of sp³-hybridized carbons (Fsp3) is 0.412. The minimum absolute atomic E-state index is 0.167. The number of hydrogen-bond donors (Lipinski definition) is 0. The normalized spacial score (nSPS) is 10.7. The summed E-state index contributed by atoms with van der Waals surface area (Å²) in [4.78, 5) is 16.1. The van der Waals surface area contributed by atoms with Gasteiger partial charge in [-0.2, -0.15) is 0 Å². The Morgan fingerprint density at radius 3 is 2.75 bits per heavy atom. The molecule has 0 saturated carbocycles. The quantitative estimate of drug-likeness (QED) is 0.423. The molecule has 0 N–H and O–H groups in total. The topological polar surface area (TPSA) is 39.2 Å². The number of unbranched alkanes of at least 4 members (excludes halogenated alkanes) is 4. The van der Waals surface area contributed by atoms with Crippen molar-refractivity contribution < 1.29 is 9.53 Å². The Labute approximate surface area is 120 Å². The van der Waals surface area contributed by atoms with Crippen molar-refractivity contribution in [2.75, 3.05) is 0 Å². The van der Waals surface area contributed by atoms with Gasteiger partial charge >= 0.3 is 5.97 Å². The number of fused-ring (bicyclic) bond motifs is 1. The molecule has 0 saturated heterocycles. The average molecular weight is 271 g/mol. The van der Waals surface area contributed by atoms with E-state index in [-0.39, 0.29) is 5.97 Å². The molecule has 0 fully saturated rings. The minimum atomic E-state index is -0.167. The number of benzene rings is 1. The summed E-state index contributed by atoms with van der Waals surface area (Å²) < 4.78 is 5.43. The van der Waals surface area contributed by atoms with E-state index in [0.29, 0.717) is 12.2 Å². The molecule has 1 aromatic heterocycles. The Morgan fingerprint density at radius 2 is 1.90 bits per heavy atom. The van der Waals surface area contributed by atoms with Gasteiger partial charge in [-0.3, -0.25) is 9.78 Å². The van der Waals surface area contributed by atoms with Crippen molar-refractivity contribution in [3.63, 3.8) is 0 Å². The third-order valence-electron chi connectivity index (χ3n) is 3.30. The van der Waals surface area contributed by atoms with Gasteiger partial charge in [0, 0.05) is 18.0 Å². The number of para-hydroxylation sites is 1. The molecule has 0 atom stereocenters. The van der Waals surface area contributed by atoms with Gasteiger partial charge in [-0.05, 0) is 18.6 Å². The minimum Gasteiger partial charge on any atom is -0.424 e. The Kier molecular flexibility index (Phi) is 5.54. The van der Waals surface area contributed by atoms with Crippen LogP contribution in [0.25, 0.3) is 10.9 Å². The second-order valence-corrected chi connectivity index (χ2v) is 4.97. The molecule has 1 aromatic carbocycles. The van der Waals surface area contributed by atoms with Crippen molar-refractivity contribution in [3.05, 3.63) is 36.5 Å². The molecule has 0 unspecified atom stereocenters. The van der Waals surface area contributed by atoms with Crippen LogP contribution in [0.4, 0.5) is 0 Å². The van der Waals surface area contributed by atoms with E-state index in [2.05, 4.69) is 11.9 Å². The number of rotatable bonds is 7. The summed E-state index contributed by atoms with van der Waals surface area (Å²) in [6, 6.07) is 9.48. The van der Waals surface area contributed by atoms with Crippen molar-refractivity contribution >= 4 is 16.9 Å². The molecule has 0 aliphatic carbocycles. The van der Waals surface area contributed by atoms with Crippen LogP contribution < -0.4 is 4.74 Å². The van der Waals surface area contributed by atoms with Crippen LogP contribution in [-0.4, -0.2) is 11.0 Å². The summed E-state index contributed by atoms with van der Waals surface area (Å²) in [7, 11) is 0. The predicted molar refractivity (Wildman–Crippen MR) is 80.8 cm³/mol. The van der Waals surface area contributed by atoms with E-state index in [0.717, 1.165) is 23.7 Å². The number of ether oxygens (including phenoxy) is 1. The lowest BCUT2D eigenvalue weighted by Gasteiger charge is -2.06. The molecule has 3 nitrogen and oxygen atoms in total. The molecule has 0 radical (unpaired) electrons. The number of hydrogen-bond acceptors (Lipinski definition) is 3. The molecule has 1 heterocycles. The van der Waals surface area contributed by atoms with E-state index in [1.807, 2.05) is 24.3 Å². The molecular formula is C17H21NO2.